The highest BCUT2D eigenvalue weighted by atomic mass is 35.5. The van der Waals surface area contributed by atoms with Gasteiger partial charge in [0, 0.05) is 22.9 Å². The molecule has 3 nitrogen and oxygen atoms in total. The van der Waals surface area contributed by atoms with Crippen molar-refractivity contribution < 1.29 is 9.18 Å². The maximum absolute atomic E-state index is 13.8. The fraction of sp³-hybridized carbons (Fsp3) is 0.222. The van der Waals surface area contributed by atoms with Crippen LogP contribution >= 0.6 is 23.4 Å². The van der Waals surface area contributed by atoms with Crippen molar-refractivity contribution in [3.8, 4) is 0 Å². The molecular weight excluding hydrogens is 347 g/mol. The van der Waals surface area contributed by atoms with Crippen LogP contribution in [0.1, 0.15) is 11.1 Å². The number of nitrogens with zero attached hydrogens (tertiary/aromatic N) is 2. The Bertz CT molecular complexity index is 747. The Hall–Kier alpha value is -1.85. The summed E-state index contributed by atoms with van der Waals surface area (Å²) in [6, 6.07) is 14.2. The normalized spacial score (nSPS) is 13.9. The van der Waals surface area contributed by atoms with Crippen molar-refractivity contribution in [2.24, 2.45) is 4.99 Å². The molecule has 0 aliphatic carbocycles. The summed E-state index contributed by atoms with van der Waals surface area (Å²) in [5.41, 5.74) is 1.41. The van der Waals surface area contributed by atoms with Crippen LogP contribution < -0.4 is 0 Å². The van der Waals surface area contributed by atoms with Crippen molar-refractivity contribution in [2.75, 3.05) is 13.1 Å². The summed E-state index contributed by atoms with van der Waals surface area (Å²) in [4.78, 5) is 18.5. The molecule has 1 aliphatic heterocycles. The number of amidine groups is 1. The van der Waals surface area contributed by atoms with E-state index >= 15 is 0 Å². The van der Waals surface area contributed by atoms with Gasteiger partial charge in [-0.25, -0.2) is 4.39 Å². The van der Waals surface area contributed by atoms with Crippen molar-refractivity contribution in [3.05, 3.63) is 70.5 Å². The van der Waals surface area contributed by atoms with Crippen molar-refractivity contribution >= 4 is 34.4 Å². The van der Waals surface area contributed by atoms with E-state index in [0.29, 0.717) is 41.0 Å². The Balaban J connectivity index is 1.64. The number of benzene rings is 2. The molecular formula is C18H16ClFN2OS. The standard InChI is InChI=1S/C18H16ClFN2OS/c19-15-7-4-8-16(20)14(15)12-24-18-21-9-10-22(18)17(23)11-13-5-2-1-3-6-13/h1-8H,9-12H2. The van der Waals surface area contributed by atoms with Gasteiger partial charge in [-0.05, 0) is 17.7 Å². The van der Waals surface area contributed by atoms with Crippen LogP contribution in [0.4, 0.5) is 4.39 Å². The molecule has 0 fully saturated rings. The fourth-order valence-electron chi connectivity index (χ4n) is 2.45. The number of carbonyl (C=O) groups excluding carboxylic acids is 1. The number of halogens is 2. The highest BCUT2D eigenvalue weighted by molar-refractivity contribution is 8.13. The largest absolute Gasteiger partial charge is 0.289 e. The average molecular weight is 363 g/mol. The van der Waals surface area contributed by atoms with Crippen molar-refractivity contribution in [1.82, 2.24) is 4.90 Å². The Morgan fingerprint density at radius 1 is 1.21 bits per heavy atom. The summed E-state index contributed by atoms with van der Waals surface area (Å²) >= 11 is 7.39. The zero-order valence-electron chi connectivity index (χ0n) is 12.9. The van der Waals surface area contributed by atoms with Crippen LogP contribution in [-0.2, 0) is 17.0 Å². The number of hydrogen-bond donors (Lipinski definition) is 0. The molecule has 0 bridgehead atoms. The molecule has 0 radical (unpaired) electrons. The number of carbonyl (C=O) groups is 1. The maximum atomic E-state index is 13.8. The van der Waals surface area contributed by atoms with Gasteiger partial charge >= 0.3 is 0 Å². The molecule has 3 rings (SSSR count). The number of aliphatic imine (C=N–C) groups is 1. The quantitative estimate of drug-likeness (QED) is 0.818. The lowest BCUT2D eigenvalue weighted by atomic mass is 10.1. The monoisotopic (exact) mass is 362 g/mol. The lowest BCUT2D eigenvalue weighted by Gasteiger charge is -2.18. The minimum absolute atomic E-state index is 0.00424. The van der Waals surface area contributed by atoms with Crippen LogP contribution in [0.2, 0.25) is 5.02 Å². The van der Waals surface area contributed by atoms with E-state index in [4.69, 9.17) is 11.6 Å². The molecule has 24 heavy (non-hydrogen) atoms. The van der Waals surface area contributed by atoms with Gasteiger partial charge in [-0.1, -0.05) is 59.8 Å². The molecule has 0 aromatic heterocycles. The third kappa shape index (κ3) is 3.97. The molecule has 1 aliphatic rings. The Morgan fingerprint density at radius 2 is 2.00 bits per heavy atom. The third-order valence-electron chi connectivity index (χ3n) is 3.71. The Morgan fingerprint density at radius 3 is 2.75 bits per heavy atom. The van der Waals surface area contributed by atoms with Gasteiger partial charge in [0.25, 0.3) is 0 Å². The van der Waals surface area contributed by atoms with Crippen molar-refractivity contribution in [2.45, 2.75) is 12.2 Å². The van der Waals surface area contributed by atoms with E-state index in [1.807, 2.05) is 30.3 Å². The molecule has 2 aromatic carbocycles. The number of hydrogen-bond acceptors (Lipinski definition) is 3. The van der Waals surface area contributed by atoms with E-state index in [0.717, 1.165) is 5.56 Å². The maximum Gasteiger partial charge on any atom is 0.233 e. The molecule has 0 N–H and O–H groups in total. The highest BCUT2D eigenvalue weighted by Gasteiger charge is 2.24. The summed E-state index contributed by atoms with van der Waals surface area (Å²) < 4.78 is 13.8. The number of thioether (sulfide) groups is 1. The molecule has 0 saturated carbocycles. The van der Waals surface area contributed by atoms with Crippen LogP contribution in [0.5, 0.6) is 0 Å². The van der Waals surface area contributed by atoms with E-state index in [-0.39, 0.29) is 11.7 Å². The predicted molar refractivity (Wildman–Crippen MR) is 96.9 cm³/mol. The summed E-state index contributed by atoms with van der Waals surface area (Å²) in [5, 5.41) is 1.03. The first kappa shape index (κ1) is 17.0. The average Bonchev–Trinajstić information content (AvgIpc) is 3.04. The topological polar surface area (TPSA) is 32.7 Å². The smallest absolute Gasteiger partial charge is 0.233 e. The van der Waals surface area contributed by atoms with E-state index in [9.17, 15) is 9.18 Å². The molecule has 0 saturated heterocycles. The van der Waals surface area contributed by atoms with Gasteiger partial charge in [-0.2, -0.15) is 0 Å². The molecule has 124 valence electrons. The molecule has 1 amide bonds. The first-order valence-corrected chi connectivity index (χ1v) is 8.96. The van der Waals surface area contributed by atoms with E-state index in [1.54, 1.807) is 17.0 Å². The fourth-order valence-corrected chi connectivity index (χ4v) is 3.86. The van der Waals surface area contributed by atoms with Crippen LogP contribution in [-0.4, -0.2) is 29.1 Å². The van der Waals surface area contributed by atoms with Gasteiger partial charge in [0.2, 0.25) is 5.91 Å². The Labute approximate surface area is 149 Å². The summed E-state index contributed by atoms with van der Waals surface area (Å²) in [5.74, 6) is 0.0137. The first-order valence-electron chi connectivity index (χ1n) is 7.59. The lowest BCUT2D eigenvalue weighted by molar-refractivity contribution is -0.126. The van der Waals surface area contributed by atoms with Crippen LogP contribution in [0, 0.1) is 5.82 Å². The SMILES string of the molecule is O=C(Cc1ccccc1)N1CCN=C1SCc1c(F)cccc1Cl. The minimum atomic E-state index is -0.337. The van der Waals surface area contributed by atoms with Gasteiger partial charge in [-0.15, -0.1) is 0 Å². The van der Waals surface area contributed by atoms with Gasteiger partial charge in [-0.3, -0.25) is 14.7 Å². The molecule has 2 aromatic rings. The van der Waals surface area contributed by atoms with Crippen molar-refractivity contribution in [3.63, 3.8) is 0 Å². The van der Waals surface area contributed by atoms with E-state index < -0.39 is 0 Å². The van der Waals surface area contributed by atoms with Crippen LogP contribution in [0.15, 0.2) is 53.5 Å². The third-order valence-corrected chi connectivity index (χ3v) is 5.10. The first-order chi connectivity index (χ1) is 11.6. The number of rotatable bonds is 4. The van der Waals surface area contributed by atoms with Gasteiger partial charge in [0.05, 0.1) is 13.0 Å². The molecule has 0 spiro atoms. The lowest BCUT2D eigenvalue weighted by Crippen LogP contribution is -2.34. The Kier molecular flexibility index (Phi) is 5.53. The van der Waals surface area contributed by atoms with E-state index in [1.165, 1.54) is 17.8 Å². The second-order valence-electron chi connectivity index (χ2n) is 5.36. The second kappa shape index (κ2) is 7.81. The number of amides is 1. The second-order valence-corrected chi connectivity index (χ2v) is 6.71. The van der Waals surface area contributed by atoms with Crippen LogP contribution in [0.25, 0.3) is 0 Å². The van der Waals surface area contributed by atoms with Gasteiger partial charge < -0.3 is 0 Å². The predicted octanol–water partition coefficient (Wildman–Crippen LogP) is 4.15. The van der Waals surface area contributed by atoms with Gasteiger partial charge in [0.15, 0.2) is 5.17 Å². The van der Waals surface area contributed by atoms with Crippen molar-refractivity contribution in [1.29, 1.82) is 0 Å². The molecule has 1 heterocycles. The van der Waals surface area contributed by atoms with Crippen LogP contribution in [0.3, 0.4) is 0 Å². The molecule has 6 heteroatoms. The van der Waals surface area contributed by atoms with Gasteiger partial charge in [0.1, 0.15) is 5.82 Å². The minimum Gasteiger partial charge on any atom is -0.289 e. The summed E-state index contributed by atoms with van der Waals surface area (Å²) in [6.45, 7) is 1.15. The van der Waals surface area contributed by atoms with E-state index in [2.05, 4.69) is 4.99 Å². The molecule has 0 unspecified atom stereocenters. The summed E-state index contributed by atoms with van der Waals surface area (Å²) in [6.07, 6.45) is 0.334. The zero-order chi connectivity index (χ0) is 16.9. The highest BCUT2D eigenvalue weighted by Crippen LogP contribution is 2.26. The summed E-state index contributed by atoms with van der Waals surface area (Å²) in [7, 11) is 0. The molecule has 0 atom stereocenters. The zero-order valence-corrected chi connectivity index (χ0v) is 14.5.